The van der Waals surface area contributed by atoms with Crippen LogP contribution in [0, 0.1) is 0 Å². The first-order valence-corrected chi connectivity index (χ1v) is 11.1. The smallest absolute Gasteiger partial charge is 0.258 e. The van der Waals surface area contributed by atoms with Crippen LogP contribution >= 0.6 is 11.6 Å². The minimum Gasteiger partial charge on any atom is -0.505 e. The molecule has 8 heteroatoms. The van der Waals surface area contributed by atoms with Crippen molar-refractivity contribution in [3.63, 3.8) is 0 Å². The van der Waals surface area contributed by atoms with Gasteiger partial charge in [0.1, 0.15) is 28.9 Å². The molecule has 3 aromatic carbocycles. The first-order chi connectivity index (χ1) is 17.0. The molecule has 0 spiro atoms. The number of amides is 1. The second-order valence-corrected chi connectivity index (χ2v) is 8.22. The molecule has 2 heterocycles. The van der Waals surface area contributed by atoms with Gasteiger partial charge in [0, 0.05) is 17.1 Å². The Morgan fingerprint density at radius 2 is 1.77 bits per heavy atom. The van der Waals surface area contributed by atoms with Crippen LogP contribution in [0.1, 0.15) is 17.2 Å². The predicted molar refractivity (Wildman–Crippen MR) is 133 cm³/mol. The van der Waals surface area contributed by atoms with Crippen molar-refractivity contribution in [3.8, 4) is 11.5 Å². The monoisotopic (exact) mass is 486 g/mol. The summed E-state index contributed by atoms with van der Waals surface area (Å²) in [6.07, 6.45) is 2.80. The number of benzene rings is 3. The number of nitrogens with one attached hydrogen (secondary N) is 1. The number of hydrogen-bond acceptors (Lipinski definition) is 6. The molecule has 35 heavy (non-hydrogen) atoms. The highest BCUT2D eigenvalue weighted by Crippen LogP contribution is 2.38. The number of hydrogen-bond donors (Lipinski definition) is 2. The number of phenols is 1. The number of rotatable bonds is 6. The molecule has 7 nitrogen and oxygen atoms in total. The number of halogens is 1. The Bertz CT molecular complexity index is 1600. The number of phenolic OH excluding ortho intramolecular Hbond substituents is 1. The highest BCUT2D eigenvalue weighted by atomic mass is 35.5. The van der Waals surface area contributed by atoms with E-state index in [-0.39, 0.29) is 34.4 Å². The molecular formula is C27H19ClN2O5. The number of para-hydroxylation sites is 2. The maximum atomic E-state index is 13.4. The van der Waals surface area contributed by atoms with Crippen LogP contribution in [0.3, 0.4) is 0 Å². The van der Waals surface area contributed by atoms with E-state index in [4.69, 9.17) is 20.8 Å². The minimum atomic E-state index is -1.08. The van der Waals surface area contributed by atoms with Crippen LogP contribution in [0.25, 0.3) is 21.9 Å². The Balaban J connectivity index is 1.59. The number of pyridine rings is 1. The van der Waals surface area contributed by atoms with Gasteiger partial charge in [-0.3, -0.25) is 14.6 Å². The SMILES string of the molecule is O=C(COc1ccccc1)NC(c1cc(Cl)c2cccnc2c1O)c1coc2ccccc2c1=O. The van der Waals surface area contributed by atoms with Crippen molar-refractivity contribution in [1.29, 1.82) is 0 Å². The van der Waals surface area contributed by atoms with Gasteiger partial charge in [-0.15, -0.1) is 0 Å². The molecule has 2 aromatic heterocycles. The topological polar surface area (TPSA) is 102 Å². The molecule has 1 unspecified atom stereocenters. The zero-order chi connectivity index (χ0) is 24.4. The number of fused-ring (bicyclic) bond motifs is 2. The highest BCUT2D eigenvalue weighted by molar-refractivity contribution is 6.35. The van der Waals surface area contributed by atoms with Crippen molar-refractivity contribution in [2.75, 3.05) is 6.61 Å². The van der Waals surface area contributed by atoms with Crippen LogP contribution in [-0.2, 0) is 4.79 Å². The number of carbonyl (C=O) groups excluding carboxylic acids is 1. The zero-order valence-electron chi connectivity index (χ0n) is 18.3. The van der Waals surface area contributed by atoms with E-state index >= 15 is 0 Å². The van der Waals surface area contributed by atoms with Crippen molar-refractivity contribution >= 4 is 39.4 Å². The molecule has 0 aliphatic carbocycles. The summed E-state index contributed by atoms with van der Waals surface area (Å²) < 4.78 is 11.2. The minimum absolute atomic E-state index is 0.124. The standard InChI is InChI=1S/C27H19ClN2O5/c28-21-13-19(27(33)25-17(21)10-6-12-29-25)24(30-23(31)15-34-16-7-2-1-3-8-16)20-14-35-22-11-5-4-9-18(22)26(20)32/h1-14,24,33H,15H2,(H,30,31). The molecule has 0 saturated carbocycles. The number of nitrogens with zero attached hydrogens (tertiary/aromatic N) is 1. The summed E-state index contributed by atoms with van der Waals surface area (Å²) in [5, 5.41) is 15.1. The molecule has 0 aliphatic rings. The molecule has 0 fully saturated rings. The summed E-state index contributed by atoms with van der Waals surface area (Å²) in [6, 6.07) is 19.5. The summed E-state index contributed by atoms with van der Waals surface area (Å²) in [6.45, 7) is -0.306. The molecule has 2 N–H and O–H groups in total. The summed E-state index contributed by atoms with van der Waals surface area (Å²) in [5.74, 6) is -0.194. The van der Waals surface area contributed by atoms with Crippen LogP contribution in [0.15, 0.2) is 94.5 Å². The molecule has 5 aromatic rings. The van der Waals surface area contributed by atoms with Crippen molar-refractivity contribution in [3.05, 3.63) is 112 Å². The van der Waals surface area contributed by atoms with Crippen molar-refractivity contribution in [1.82, 2.24) is 10.3 Å². The summed E-state index contributed by atoms with van der Waals surface area (Å²) in [4.78, 5) is 30.5. The van der Waals surface area contributed by atoms with Gasteiger partial charge in [-0.1, -0.05) is 41.9 Å². The lowest BCUT2D eigenvalue weighted by atomic mass is 9.96. The van der Waals surface area contributed by atoms with Crippen LogP contribution in [-0.4, -0.2) is 22.6 Å². The van der Waals surface area contributed by atoms with Crippen molar-refractivity contribution in [2.45, 2.75) is 6.04 Å². The lowest BCUT2D eigenvalue weighted by molar-refractivity contribution is -0.123. The summed E-state index contributed by atoms with van der Waals surface area (Å²) >= 11 is 6.49. The van der Waals surface area contributed by atoms with Gasteiger partial charge in [0.25, 0.3) is 5.91 Å². The van der Waals surface area contributed by atoms with E-state index in [1.54, 1.807) is 60.7 Å². The first-order valence-electron chi connectivity index (χ1n) is 10.8. The second-order valence-electron chi connectivity index (χ2n) is 7.81. The fraction of sp³-hybridized carbons (Fsp3) is 0.0741. The van der Waals surface area contributed by atoms with E-state index in [0.717, 1.165) is 0 Å². The Hall–Kier alpha value is -4.36. The van der Waals surface area contributed by atoms with E-state index < -0.39 is 11.9 Å². The molecule has 5 rings (SSSR count). The molecule has 1 amide bonds. The van der Waals surface area contributed by atoms with Gasteiger partial charge < -0.3 is 19.6 Å². The maximum Gasteiger partial charge on any atom is 0.258 e. The Morgan fingerprint density at radius 3 is 2.60 bits per heavy atom. The van der Waals surface area contributed by atoms with Crippen LogP contribution in [0.4, 0.5) is 0 Å². The second kappa shape index (κ2) is 9.48. The van der Waals surface area contributed by atoms with E-state index in [1.165, 1.54) is 18.5 Å². The van der Waals surface area contributed by atoms with Gasteiger partial charge in [0.15, 0.2) is 12.0 Å². The van der Waals surface area contributed by atoms with Gasteiger partial charge in [-0.05, 0) is 42.5 Å². The van der Waals surface area contributed by atoms with E-state index in [9.17, 15) is 14.7 Å². The van der Waals surface area contributed by atoms with E-state index in [1.807, 2.05) is 6.07 Å². The van der Waals surface area contributed by atoms with Gasteiger partial charge in [0.05, 0.1) is 22.0 Å². The van der Waals surface area contributed by atoms with Gasteiger partial charge >= 0.3 is 0 Å². The quantitative estimate of drug-likeness (QED) is 0.351. The number of carbonyl (C=O) groups is 1. The predicted octanol–water partition coefficient (Wildman–Crippen LogP) is 4.98. The fourth-order valence-corrected chi connectivity index (χ4v) is 4.18. The van der Waals surface area contributed by atoms with Crippen molar-refractivity contribution in [2.24, 2.45) is 0 Å². The highest BCUT2D eigenvalue weighted by Gasteiger charge is 2.27. The normalized spacial score (nSPS) is 11.9. The van der Waals surface area contributed by atoms with E-state index in [0.29, 0.717) is 27.1 Å². The number of ether oxygens (including phenoxy) is 1. The Kier molecular flexibility index (Phi) is 6.08. The first kappa shape index (κ1) is 22.4. The van der Waals surface area contributed by atoms with Gasteiger partial charge in [-0.2, -0.15) is 0 Å². The molecule has 174 valence electrons. The van der Waals surface area contributed by atoms with Crippen LogP contribution < -0.4 is 15.5 Å². The molecular weight excluding hydrogens is 468 g/mol. The van der Waals surface area contributed by atoms with Crippen molar-refractivity contribution < 1.29 is 19.1 Å². The largest absolute Gasteiger partial charge is 0.505 e. The van der Waals surface area contributed by atoms with Gasteiger partial charge in [-0.25, -0.2) is 0 Å². The fourth-order valence-electron chi connectivity index (χ4n) is 3.91. The van der Waals surface area contributed by atoms with Crippen LogP contribution in [0.5, 0.6) is 11.5 Å². The van der Waals surface area contributed by atoms with Crippen LogP contribution in [0.2, 0.25) is 5.02 Å². The molecule has 1 atom stereocenters. The number of aromatic nitrogens is 1. The molecule has 0 bridgehead atoms. The lowest BCUT2D eigenvalue weighted by Gasteiger charge is -2.21. The Morgan fingerprint density at radius 1 is 1.03 bits per heavy atom. The summed E-state index contributed by atoms with van der Waals surface area (Å²) in [7, 11) is 0. The molecule has 0 aliphatic heterocycles. The maximum absolute atomic E-state index is 13.4. The van der Waals surface area contributed by atoms with E-state index in [2.05, 4.69) is 10.3 Å². The van der Waals surface area contributed by atoms with Gasteiger partial charge in [0.2, 0.25) is 0 Å². The average molecular weight is 487 g/mol. The number of aromatic hydroxyl groups is 1. The summed E-state index contributed by atoms with van der Waals surface area (Å²) in [5.41, 5.74) is 0.633. The zero-order valence-corrected chi connectivity index (χ0v) is 19.0. The Labute approximate surface area is 204 Å². The third-order valence-electron chi connectivity index (χ3n) is 5.59. The average Bonchev–Trinajstić information content (AvgIpc) is 2.89. The lowest BCUT2D eigenvalue weighted by Crippen LogP contribution is -2.35. The molecule has 0 saturated heterocycles. The third-order valence-corrected chi connectivity index (χ3v) is 5.90. The third kappa shape index (κ3) is 4.41. The molecule has 0 radical (unpaired) electrons.